The van der Waals surface area contributed by atoms with Crippen LogP contribution in [0.3, 0.4) is 0 Å². The van der Waals surface area contributed by atoms with Crippen LogP contribution in [-0.2, 0) is 9.53 Å². The number of hydrogen-bond donors (Lipinski definition) is 2. The maximum Gasteiger partial charge on any atom is 0.265 e. The van der Waals surface area contributed by atoms with E-state index in [1.807, 2.05) is 31.2 Å². The largest absolute Gasteiger partial charge is 0.501 e. The summed E-state index contributed by atoms with van der Waals surface area (Å²) in [6, 6.07) is 7.49. The number of nitrogens with one attached hydrogen (secondary N) is 2. The summed E-state index contributed by atoms with van der Waals surface area (Å²) in [5, 5.41) is 0. The monoisotopic (exact) mass is 284 g/mol. The number of ether oxygens (including phenoxy) is 1. The van der Waals surface area contributed by atoms with Gasteiger partial charge in [0.25, 0.3) is 5.91 Å². The van der Waals surface area contributed by atoms with Gasteiger partial charge in [-0.05, 0) is 35.0 Å². The van der Waals surface area contributed by atoms with Crippen LogP contribution >= 0.6 is 15.9 Å². The summed E-state index contributed by atoms with van der Waals surface area (Å²) >= 11 is 3.35. The van der Waals surface area contributed by atoms with Gasteiger partial charge < -0.3 is 4.74 Å². The smallest absolute Gasteiger partial charge is 0.265 e. The summed E-state index contributed by atoms with van der Waals surface area (Å²) in [5.74, 6) is -0.274. The van der Waals surface area contributed by atoms with Crippen LogP contribution in [0.25, 0.3) is 0 Å². The Bertz CT molecular complexity index is 380. The van der Waals surface area contributed by atoms with Crippen molar-refractivity contribution in [2.45, 2.75) is 6.92 Å². The predicted octanol–water partition coefficient (Wildman–Crippen LogP) is 2.44. The van der Waals surface area contributed by atoms with Gasteiger partial charge in [-0.3, -0.25) is 15.6 Å². The molecule has 5 heteroatoms. The molecule has 0 radical (unpaired) electrons. The van der Waals surface area contributed by atoms with Crippen LogP contribution in [0.5, 0.6) is 0 Å². The maximum absolute atomic E-state index is 11.2. The van der Waals surface area contributed by atoms with Crippen LogP contribution < -0.4 is 10.9 Å². The normalized spacial score (nSPS) is 10.1. The molecule has 0 heterocycles. The van der Waals surface area contributed by atoms with E-state index in [-0.39, 0.29) is 5.91 Å². The van der Waals surface area contributed by atoms with Gasteiger partial charge >= 0.3 is 0 Å². The van der Waals surface area contributed by atoms with Crippen molar-refractivity contribution < 1.29 is 9.53 Å². The van der Waals surface area contributed by atoms with Crippen molar-refractivity contribution in [3.05, 3.63) is 41.1 Å². The fourth-order valence-corrected chi connectivity index (χ4v) is 1.32. The number of benzene rings is 1. The van der Waals surface area contributed by atoms with Crippen molar-refractivity contribution in [3.8, 4) is 0 Å². The molecule has 2 N–H and O–H groups in total. The minimum Gasteiger partial charge on any atom is -0.501 e. The number of amides is 1. The lowest BCUT2D eigenvalue weighted by Crippen LogP contribution is -2.27. The Morgan fingerprint density at radius 2 is 2.25 bits per heavy atom. The molecule has 16 heavy (non-hydrogen) atoms. The van der Waals surface area contributed by atoms with Crippen LogP contribution in [0, 0.1) is 0 Å². The number of carbonyl (C=O) groups is 1. The molecule has 86 valence electrons. The number of para-hydroxylation sites is 1. The molecule has 0 aliphatic rings. The van der Waals surface area contributed by atoms with Gasteiger partial charge in [0.1, 0.15) is 0 Å². The quantitative estimate of drug-likeness (QED) is 0.496. The molecule has 1 amide bonds. The molecule has 0 aliphatic heterocycles. The zero-order chi connectivity index (χ0) is 11.8. The fourth-order valence-electron chi connectivity index (χ4n) is 0.939. The lowest BCUT2D eigenvalue weighted by atomic mass is 10.3. The molecule has 0 atom stereocenters. The summed E-state index contributed by atoms with van der Waals surface area (Å²) < 4.78 is 5.78. The molecule has 0 bridgehead atoms. The van der Waals surface area contributed by atoms with Crippen LogP contribution in [0.15, 0.2) is 41.1 Å². The third-order valence-electron chi connectivity index (χ3n) is 1.68. The number of hydrazine groups is 1. The van der Waals surface area contributed by atoms with Crippen LogP contribution in [0.1, 0.15) is 6.92 Å². The number of anilines is 1. The van der Waals surface area contributed by atoms with E-state index in [2.05, 4.69) is 26.8 Å². The second-order valence-corrected chi connectivity index (χ2v) is 3.71. The highest BCUT2D eigenvalue weighted by Crippen LogP contribution is 2.19. The molecule has 4 nitrogen and oxygen atoms in total. The molecule has 0 unspecified atom stereocenters. The van der Waals surface area contributed by atoms with Gasteiger partial charge in [-0.25, -0.2) is 0 Å². The SMILES string of the molecule is CCO/C=C/C(=O)NNc1ccccc1Br. The Morgan fingerprint density at radius 1 is 1.50 bits per heavy atom. The van der Waals surface area contributed by atoms with Gasteiger partial charge in [0.15, 0.2) is 0 Å². The van der Waals surface area contributed by atoms with Crippen molar-refractivity contribution in [2.24, 2.45) is 0 Å². The van der Waals surface area contributed by atoms with E-state index >= 15 is 0 Å². The van der Waals surface area contributed by atoms with E-state index < -0.39 is 0 Å². The van der Waals surface area contributed by atoms with Gasteiger partial charge in [-0.1, -0.05) is 12.1 Å². The second-order valence-electron chi connectivity index (χ2n) is 2.85. The van der Waals surface area contributed by atoms with Gasteiger partial charge in [0.05, 0.1) is 18.6 Å². The van der Waals surface area contributed by atoms with Crippen molar-refractivity contribution >= 4 is 27.5 Å². The van der Waals surface area contributed by atoms with E-state index in [1.165, 1.54) is 12.3 Å². The zero-order valence-electron chi connectivity index (χ0n) is 8.87. The maximum atomic E-state index is 11.2. The van der Waals surface area contributed by atoms with E-state index in [4.69, 9.17) is 4.74 Å². The number of carbonyl (C=O) groups excluding carboxylic acids is 1. The minimum atomic E-state index is -0.274. The Kier molecular flexibility index (Phi) is 5.42. The summed E-state index contributed by atoms with van der Waals surface area (Å²) in [6.07, 6.45) is 2.67. The molecule has 0 spiro atoms. The first-order valence-corrected chi connectivity index (χ1v) is 5.62. The highest BCUT2D eigenvalue weighted by molar-refractivity contribution is 9.10. The van der Waals surface area contributed by atoms with Crippen molar-refractivity contribution in [1.82, 2.24) is 5.43 Å². The average molecular weight is 285 g/mol. The molecule has 1 rings (SSSR count). The van der Waals surface area contributed by atoms with E-state index in [0.29, 0.717) is 6.61 Å². The van der Waals surface area contributed by atoms with Crippen LogP contribution in [-0.4, -0.2) is 12.5 Å². The van der Waals surface area contributed by atoms with Gasteiger partial charge in [-0.2, -0.15) is 0 Å². The second kappa shape index (κ2) is 6.90. The molecule has 1 aromatic rings. The van der Waals surface area contributed by atoms with Crippen LogP contribution in [0.2, 0.25) is 0 Å². The zero-order valence-corrected chi connectivity index (χ0v) is 10.5. The lowest BCUT2D eigenvalue weighted by Gasteiger charge is -2.07. The fraction of sp³-hybridized carbons (Fsp3) is 0.182. The van der Waals surface area contributed by atoms with Crippen molar-refractivity contribution in [3.63, 3.8) is 0 Å². The van der Waals surface area contributed by atoms with Crippen LogP contribution in [0.4, 0.5) is 5.69 Å². The topological polar surface area (TPSA) is 50.4 Å². The van der Waals surface area contributed by atoms with Crippen molar-refractivity contribution in [2.75, 3.05) is 12.0 Å². The summed E-state index contributed by atoms with van der Waals surface area (Å²) in [7, 11) is 0. The molecule has 0 fully saturated rings. The number of halogens is 1. The number of rotatable bonds is 5. The standard InChI is InChI=1S/C11H13BrN2O2/c1-2-16-8-7-11(15)14-13-10-6-4-3-5-9(10)12/h3-8,13H,2H2,1H3,(H,14,15)/b8-7+. The Morgan fingerprint density at radius 3 is 2.94 bits per heavy atom. The predicted molar refractivity (Wildman–Crippen MR) is 66.7 cm³/mol. The first-order chi connectivity index (χ1) is 7.74. The summed E-state index contributed by atoms with van der Waals surface area (Å²) in [5.41, 5.74) is 6.09. The Labute approximate surface area is 103 Å². The van der Waals surface area contributed by atoms with E-state index in [0.717, 1.165) is 10.2 Å². The number of hydrogen-bond acceptors (Lipinski definition) is 3. The first kappa shape index (κ1) is 12.6. The third kappa shape index (κ3) is 4.35. The Balaban J connectivity index is 2.40. The molecular formula is C11H13BrN2O2. The lowest BCUT2D eigenvalue weighted by molar-refractivity contribution is -0.116. The van der Waals surface area contributed by atoms with E-state index in [9.17, 15) is 4.79 Å². The summed E-state index contributed by atoms with van der Waals surface area (Å²) in [6.45, 7) is 2.39. The summed E-state index contributed by atoms with van der Waals surface area (Å²) in [4.78, 5) is 11.2. The molecule has 1 aromatic carbocycles. The molecule has 0 saturated carbocycles. The van der Waals surface area contributed by atoms with Gasteiger partial charge in [0, 0.05) is 10.5 Å². The van der Waals surface area contributed by atoms with Crippen molar-refractivity contribution in [1.29, 1.82) is 0 Å². The average Bonchev–Trinajstić information content (AvgIpc) is 2.28. The van der Waals surface area contributed by atoms with E-state index in [1.54, 1.807) is 0 Å². The highest BCUT2D eigenvalue weighted by atomic mass is 79.9. The minimum absolute atomic E-state index is 0.274. The third-order valence-corrected chi connectivity index (χ3v) is 2.37. The first-order valence-electron chi connectivity index (χ1n) is 4.82. The van der Waals surface area contributed by atoms with Gasteiger partial charge in [0.2, 0.25) is 0 Å². The molecule has 0 saturated heterocycles. The molecule has 0 aromatic heterocycles. The molecular weight excluding hydrogens is 272 g/mol. The highest BCUT2D eigenvalue weighted by Gasteiger charge is 1.98. The van der Waals surface area contributed by atoms with Gasteiger partial charge in [-0.15, -0.1) is 0 Å². The Hall–Kier alpha value is -1.49. The molecule has 0 aliphatic carbocycles.